The Kier molecular flexibility index (Phi) is 5.34. The number of anilines is 1. The summed E-state index contributed by atoms with van der Waals surface area (Å²) in [4.78, 5) is 12.1. The summed E-state index contributed by atoms with van der Waals surface area (Å²) in [6.45, 7) is 0. The van der Waals surface area contributed by atoms with Gasteiger partial charge in [-0.3, -0.25) is 4.79 Å². The lowest BCUT2D eigenvalue weighted by atomic mass is 10.3. The van der Waals surface area contributed by atoms with Gasteiger partial charge in [0.2, 0.25) is 11.1 Å². The molecule has 1 amide bonds. The van der Waals surface area contributed by atoms with Crippen LogP contribution < -0.4 is 5.32 Å². The average Bonchev–Trinajstić information content (AvgIpc) is 3.05. The van der Waals surface area contributed by atoms with Gasteiger partial charge in [0.25, 0.3) is 0 Å². The number of rotatable bonds is 5. The Morgan fingerprint density at radius 2 is 1.96 bits per heavy atom. The number of hydrogen-bond donors (Lipinski definition) is 1. The van der Waals surface area contributed by atoms with Gasteiger partial charge in [0.15, 0.2) is 0 Å². The summed E-state index contributed by atoms with van der Waals surface area (Å²) >= 11 is 13.1. The number of carbonyl (C=O) groups is 1. The van der Waals surface area contributed by atoms with Crippen LogP contribution in [0.3, 0.4) is 0 Å². The summed E-state index contributed by atoms with van der Waals surface area (Å²) in [6.07, 6.45) is 0. The molecule has 0 aliphatic heterocycles. The van der Waals surface area contributed by atoms with Crippen LogP contribution in [0.5, 0.6) is 0 Å². The molecule has 3 rings (SSSR count). The zero-order valence-corrected chi connectivity index (χ0v) is 14.5. The third-order valence-corrected chi connectivity index (χ3v) is 4.45. The molecule has 0 unspecified atom stereocenters. The standard InChI is InChI=1S/C15H11Cl2N5OS/c16-10-6-7-13(12(17)8-10)18-14(23)9-24-15-19-20-21-22(15)11-4-2-1-3-5-11/h1-8H,9H2,(H,18,23). The molecule has 2 aromatic carbocycles. The van der Waals surface area contributed by atoms with Crippen molar-refractivity contribution in [1.82, 2.24) is 20.2 Å². The predicted molar refractivity (Wildman–Crippen MR) is 95.0 cm³/mol. The molecule has 3 aromatic rings. The molecule has 1 heterocycles. The summed E-state index contributed by atoms with van der Waals surface area (Å²) in [6, 6.07) is 14.3. The lowest BCUT2D eigenvalue weighted by Gasteiger charge is -2.07. The Morgan fingerprint density at radius 1 is 1.17 bits per heavy atom. The number of hydrogen-bond acceptors (Lipinski definition) is 5. The number of tetrazole rings is 1. The van der Waals surface area contributed by atoms with E-state index in [1.807, 2.05) is 30.3 Å². The van der Waals surface area contributed by atoms with Gasteiger partial charge in [0.05, 0.1) is 22.2 Å². The number of carbonyl (C=O) groups excluding carboxylic acids is 1. The lowest BCUT2D eigenvalue weighted by molar-refractivity contribution is -0.113. The van der Waals surface area contributed by atoms with Gasteiger partial charge in [-0.2, -0.15) is 4.68 Å². The van der Waals surface area contributed by atoms with Crippen LogP contribution in [0.25, 0.3) is 5.69 Å². The minimum Gasteiger partial charge on any atom is -0.324 e. The van der Waals surface area contributed by atoms with Gasteiger partial charge in [-0.1, -0.05) is 53.2 Å². The number of amides is 1. The molecule has 24 heavy (non-hydrogen) atoms. The summed E-state index contributed by atoms with van der Waals surface area (Å²) in [5.41, 5.74) is 1.33. The van der Waals surface area contributed by atoms with Crippen molar-refractivity contribution in [3.8, 4) is 5.69 Å². The molecule has 122 valence electrons. The number of benzene rings is 2. The fraction of sp³-hybridized carbons (Fsp3) is 0.0667. The Hall–Kier alpha value is -2.09. The van der Waals surface area contributed by atoms with Crippen molar-refractivity contribution in [1.29, 1.82) is 0 Å². The van der Waals surface area contributed by atoms with Crippen molar-refractivity contribution in [2.45, 2.75) is 5.16 Å². The normalized spacial score (nSPS) is 10.6. The Morgan fingerprint density at radius 3 is 2.71 bits per heavy atom. The van der Waals surface area contributed by atoms with Crippen molar-refractivity contribution in [3.05, 3.63) is 58.6 Å². The van der Waals surface area contributed by atoms with Gasteiger partial charge in [-0.25, -0.2) is 0 Å². The van der Waals surface area contributed by atoms with Crippen LogP contribution in [-0.4, -0.2) is 31.9 Å². The van der Waals surface area contributed by atoms with E-state index >= 15 is 0 Å². The second kappa shape index (κ2) is 7.65. The number of nitrogens with one attached hydrogen (secondary N) is 1. The molecule has 0 fully saturated rings. The van der Waals surface area contributed by atoms with Gasteiger partial charge < -0.3 is 5.32 Å². The van der Waals surface area contributed by atoms with E-state index in [9.17, 15) is 4.79 Å². The molecule has 1 aromatic heterocycles. The largest absolute Gasteiger partial charge is 0.324 e. The molecule has 1 N–H and O–H groups in total. The van der Waals surface area contributed by atoms with Crippen LogP contribution in [0.1, 0.15) is 0 Å². The fourth-order valence-electron chi connectivity index (χ4n) is 1.91. The van der Waals surface area contributed by atoms with Crippen molar-refractivity contribution in [2.75, 3.05) is 11.1 Å². The zero-order valence-electron chi connectivity index (χ0n) is 12.2. The summed E-state index contributed by atoms with van der Waals surface area (Å²) in [7, 11) is 0. The molecule has 6 nitrogen and oxygen atoms in total. The van der Waals surface area contributed by atoms with E-state index in [0.717, 1.165) is 5.69 Å². The van der Waals surface area contributed by atoms with E-state index in [2.05, 4.69) is 20.8 Å². The van der Waals surface area contributed by atoms with Gasteiger partial charge >= 0.3 is 0 Å². The van der Waals surface area contributed by atoms with E-state index in [1.54, 1.807) is 22.9 Å². The van der Waals surface area contributed by atoms with E-state index in [1.165, 1.54) is 11.8 Å². The number of para-hydroxylation sites is 1. The zero-order chi connectivity index (χ0) is 16.9. The molecular formula is C15H11Cl2N5OS. The van der Waals surface area contributed by atoms with Crippen LogP contribution in [0.15, 0.2) is 53.7 Å². The predicted octanol–water partition coefficient (Wildman–Crippen LogP) is 3.70. The van der Waals surface area contributed by atoms with Gasteiger partial charge in [-0.05, 0) is 40.8 Å². The minimum atomic E-state index is -0.216. The first-order valence-electron chi connectivity index (χ1n) is 6.85. The third kappa shape index (κ3) is 4.05. The number of thioether (sulfide) groups is 1. The van der Waals surface area contributed by atoms with E-state index in [-0.39, 0.29) is 11.7 Å². The summed E-state index contributed by atoms with van der Waals surface area (Å²) in [5, 5.41) is 15.7. The number of halogens is 2. The van der Waals surface area contributed by atoms with Crippen LogP contribution in [0.2, 0.25) is 10.0 Å². The van der Waals surface area contributed by atoms with E-state index < -0.39 is 0 Å². The third-order valence-electron chi connectivity index (χ3n) is 2.98. The molecule has 0 saturated carbocycles. The van der Waals surface area contributed by atoms with E-state index in [0.29, 0.717) is 20.9 Å². The molecule has 9 heteroatoms. The summed E-state index contributed by atoms with van der Waals surface area (Å²) < 4.78 is 1.58. The maximum atomic E-state index is 12.1. The molecule has 0 aliphatic carbocycles. The van der Waals surface area contributed by atoms with Crippen LogP contribution >= 0.6 is 35.0 Å². The molecule has 0 saturated heterocycles. The monoisotopic (exact) mass is 379 g/mol. The molecule has 0 atom stereocenters. The number of nitrogens with zero attached hydrogens (tertiary/aromatic N) is 4. The molecule has 0 bridgehead atoms. The highest BCUT2D eigenvalue weighted by Crippen LogP contribution is 2.26. The molecule has 0 radical (unpaired) electrons. The fourth-order valence-corrected chi connectivity index (χ4v) is 3.05. The van der Waals surface area contributed by atoms with Crippen molar-refractivity contribution in [3.63, 3.8) is 0 Å². The van der Waals surface area contributed by atoms with Crippen LogP contribution in [0, 0.1) is 0 Å². The topological polar surface area (TPSA) is 72.7 Å². The molecule has 0 aliphatic rings. The first-order valence-corrected chi connectivity index (χ1v) is 8.59. The van der Waals surface area contributed by atoms with Crippen molar-refractivity contribution < 1.29 is 4.79 Å². The SMILES string of the molecule is O=C(CSc1nnnn1-c1ccccc1)Nc1ccc(Cl)cc1Cl. The Bertz CT molecular complexity index is 856. The second-order valence-electron chi connectivity index (χ2n) is 4.67. The smallest absolute Gasteiger partial charge is 0.234 e. The molecular weight excluding hydrogens is 369 g/mol. The van der Waals surface area contributed by atoms with Crippen molar-refractivity contribution in [2.24, 2.45) is 0 Å². The van der Waals surface area contributed by atoms with Crippen molar-refractivity contribution >= 4 is 46.6 Å². The summed E-state index contributed by atoms with van der Waals surface area (Å²) in [5.74, 6) is -0.0709. The molecule has 0 spiro atoms. The van der Waals surface area contributed by atoms with Crippen LogP contribution in [0.4, 0.5) is 5.69 Å². The minimum absolute atomic E-state index is 0.145. The van der Waals surface area contributed by atoms with Gasteiger partial charge in [-0.15, -0.1) is 5.10 Å². The average molecular weight is 380 g/mol. The first kappa shape index (κ1) is 16.8. The number of aromatic nitrogens is 4. The van der Waals surface area contributed by atoms with Gasteiger partial charge in [0, 0.05) is 5.02 Å². The Labute approximate surface area is 152 Å². The maximum Gasteiger partial charge on any atom is 0.234 e. The highest BCUT2D eigenvalue weighted by atomic mass is 35.5. The van der Waals surface area contributed by atoms with E-state index in [4.69, 9.17) is 23.2 Å². The van der Waals surface area contributed by atoms with Gasteiger partial charge in [0.1, 0.15) is 0 Å². The second-order valence-corrected chi connectivity index (χ2v) is 6.46. The Balaban J connectivity index is 1.64. The maximum absolute atomic E-state index is 12.1. The highest BCUT2D eigenvalue weighted by molar-refractivity contribution is 7.99. The van der Waals surface area contributed by atoms with Crippen LogP contribution in [-0.2, 0) is 4.79 Å². The lowest BCUT2D eigenvalue weighted by Crippen LogP contribution is -2.15. The first-order chi connectivity index (χ1) is 11.6. The quantitative estimate of drug-likeness (QED) is 0.684. The highest BCUT2D eigenvalue weighted by Gasteiger charge is 2.12.